The number of hydrogen-bond donors (Lipinski definition) is 1. The maximum Gasteiger partial charge on any atom is 0.0696 e. The highest BCUT2D eigenvalue weighted by Crippen LogP contribution is 2.39. The van der Waals surface area contributed by atoms with Gasteiger partial charge in [-0.05, 0) is 32.6 Å². The maximum absolute atomic E-state index is 5.91. The van der Waals surface area contributed by atoms with Gasteiger partial charge in [-0.2, -0.15) is 0 Å². The summed E-state index contributed by atoms with van der Waals surface area (Å²) in [5.41, 5.74) is 7.04. The molecule has 1 rings (SSSR count). The largest absolute Gasteiger partial charge is 0.378 e. The van der Waals surface area contributed by atoms with Crippen LogP contribution in [0.1, 0.15) is 32.6 Å². The van der Waals surface area contributed by atoms with Gasteiger partial charge in [-0.25, -0.2) is 0 Å². The highest BCUT2D eigenvalue weighted by molar-refractivity contribution is 5.05. The molecule has 0 saturated heterocycles. The molecule has 0 aromatic heterocycles. The molecule has 70 valence electrons. The Labute approximate surface area is 74.8 Å². The van der Waals surface area contributed by atoms with Crippen LogP contribution in [-0.4, -0.2) is 18.8 Å². The lowest BCUT2D eigenvalue weighted by molar-refractivity contribution is -0.0795. The fourth-order valence-corrected chi connectivity index (χ4v) is 1.64. The second-order valence-electron chi connectivity index (χ2n) is 3.90. The van der Waals surface area contributed by atoms with Crippen LogP contribution in [0.5, 0.6) is 0 Å². The number of hydrogen-bond acceptors (Lipinski definition) is 2. The van der Waals surface area contributed by atoms with E-state index in [0.29, 0.717) is 0 Å². The first-order chi connectivity index (χ1) is 5.59. The van der Waals surface area contributed by atoms with Crippen LogP contribution in [0, 0.1) is 0 Å². The predicted molar refractivity (Wildman–Crippen MR) is 51.0 cm³/mol. The molecule has 2 nitrogen and oxygen atoms in total. The molecule has 0 bridgehead atoms. The first-order valence-corrected chi connectivity index (χ1v) is 4.56. The summed E-state index contributed by atoms with van der Waals surface area (Å²) in [6.45, 7) is 5.83. The number of ether oxygens (including phenoxy) is 1. The summed E-state index contributed by atoms with van der Waals surface area (Å²) < 4.78 is 5.47. The van der Waals surface area contributed by atoms with Crippen molar-refractivity contribution in [1.29, 1.82) is 0 Å². The van der Waals surface area contributed by atoms with Gasteiger partial charge >= 0.3 is 0 Å². The van der Waals surface area contributed by atoms with E-state index in [1.807, 2.05) is 6.92 Å². The van der Waals surface area contributed by atoms with E-state index < -0.39 is 0 Å². The van der Waals surface area contributed by atoms with Crippen LogP contribution in [0.15, 0.2) is 12.2 Å². The summed E-state index contributed by atoms with van der Waals surface area (Å²) in [7, 11) is 1.78. The summed E-state index contributed by atoms with van der Waals surface area (Å²) in [4.78, 5) is 0. The van der Waals surface area contributed by atoms with Gasteiger partial charge in [0.1, 0.15) is 0 Å². The summed E-state index contributed by atoms with van der Waals surface area (Å²) >= 11 is 0. The molecule has 0 spiro atoms. The number of rotatable bonds is 4. The zero-order valence-electron chi connectivity index (χ0n) is 8.10. The van der Waals surface area contributed by atoms with Crippen molar-refractivity contribution in [2.24, 2.45) is 5.73 Å². The van der Waals surface area contributed by atoms with Crippen molar-refractivity contribution in [1.82, 2.24) is 0 Å². The average Bonchev–Trinajstić information content (AvgIpc) is 1.96. The van der Waals surface area contributed by atoms with Gasteiger partial charge in [-0.3, -0.25) is 0 Å². The Hall–Kier alpha value is -0.340. The normalized spacial score (nSPS) is 22.9. The van der Waals surface area contributed by atoms with E-state index in [1.54, 1.807) is 7.11 Å². The molecule has 0 aromatic rings. The van der Waals surface area contributed by atoms with Crippen molar-refractivity contribution in [3.05, 3.63) is 12.2 Å². The molecule has 2 N–H and O–H groups in total. The van der Waals surface area contributed by atoms with Crippen LogP contribution in [0.2, 0.25) is 0 Å². The highest BCUT2D eigenvalue weighted by atomic mass is 16.5. The number of nitrogens with two attached hydrogens (primary N) is 1. The monoisotopic (exact) mass is 169 g/mol. The van der Waals surface area contributed by atoms with E-state index in [0.717, 1.165) is 24.8 Å². The van der Waals surface area contributed by atoms with E-state index in [9.17, 15) is 0 Å². The molecule has 1 unspecified atom stereocenters. The summed E-state index contributed by atoms with van der Waals surface area (Å²) in [5, 5.41) is 0. The molecule has 1 fully saturated rings. The molecule has 0 aliphatic heterocycles. The van der Waals surface area contributed by atoms with Gasteiger partial charge in [0.25, 0.3) is 0 Å². The minimum Gasteiger partial charge on any atom is -0.378 e. The molecule has 12 heavy (non-hydrogen) atoms. The third kappa shape index (κ3) is 1.87. The van der Waals surface area contributed by atoms with Gasteiger partial charge in [0, 0.05) is 13.2 Å². The van der Waals surface area contributed by atoms with Crippen LogP contribution in [-0.2, 0) is 4.74 Å². The van der Waals surface area contributed by atoms with Crippen LogP contribution < -0.4 is 5.73 Å². The second-order valence-corrected chi connectivity index (χ2v) is 3.90. The first-order valence-electron chi connectivity index (χ1n) is 4.56. The zero-order chi connectivity index (χ0) is 9.19. The fraction of sp³-hybridized carbons (Fsp3) is 0.800. The molecule has 1 atom stereocenters. The molecular weight excluding hydrogens is 150 g/mol. The molecule has 1 saturated carbocycles. The van der Waals surface area contributed by atoms with Crippen LogP contribution in [0.4, 0.5) is 0 Å². The minimum absolute atomic E-state index is 0.0817. The third-order valence-corrected chi connectivity index (χ3v) is 2.92. The molecular formula is C10H19NO. The van der Waals surface area contributed by atoms with Crippen LogP contribution in [0.25, 0.3) is 0 Å². The molecule has 0 aromatic carbocycles. The van der Waals surface area contributed by atoms with Gasteiger partial charge in [-0.15, -0.1) is 0 Å². The van der Waals surface area contributed by atoms with Gasteiger partial charge < -0.3 is 10.5 Å². The Morgan fingerprint density at radius 2 is 2.25 bits per heavy atom. The second kappa shape index (κ2) is 3.58. The standard InChI is InChI=1S/C10H19NO/c1-8(2)9(11)7-10(12-3)5-4-6-10/h9H,1,4-7,11H2,2-3H3. The van der Waals surface area contributed by atoms with Crippen molar-refractivity contribution in [3.8, 4) is 0 Å². The smallest absolute Gasteiger partial charge is 0.0696 e. The quantitative estimate of drug-likeness (QED) is 0.652. The van der Waals surface area contributed by atoms with Crippen molar-refractivity contribution < 1.29 is 4.74 Å². The molecule has 1 aliphatic rings. The highest BCUT2D eigenvalue weighted by Gasteiger charge is 2.38. The Morgan fingerprint density at radius 3 is 2.50 bits per heavy atom. The average molecular weight is 169 g/mol. The molecule has 1 aliphatic carbocycles. The van der Waals surface area contributed by atoms with E-state index >= 15 is 0 Å². The van der Waals surface area contributed by atoms with Gasteiger partial charge in [0.15, 0.2) is 0 Å². The number of methoxy groups -OCH3 is 1. The Bertz CT molecular complexity index is 167. The zero-order valence-corrected chi connectivity index (χ0v) is 8.10. The Kier molecular flexibility index (Phi) is 2.91. The van der Waals surface area contributed by atoms with Crippen molar-refractivity contribution in [3.63, 3.8) is 0 Å². The minimum atomic E-state index is 0.0817. The van der Waals surface area contributed by atoms with E-state index in [2.05, 4.69) is 6.58 Å². The molecule has 0 heterocycles. The molecule has 2 heteroatoms. The Morgan fingerprint density at radius 1 is 1.67 bits per heavy atom. The summed E-state index contributed by atoms with van der Waals surface area (Å²) in [6.07, 6.45) is 4.52. The summed E-state index contributed by atoms with van der Waals surface area (Å²) in [6, 6.07) is 0.102. The van der Waals surface area contributed by atoms with Gasteiger partial charge in [0.05, 0.1) is 5.60 Å². The van der Waals surface area contributed by atoms with Crippen molar-refractivity contribution >= 4 is 0 Å². The summed E-state index contributed by atoms with van der Waals surface area (Å²) in [5.74, 6) is 0. The third-order valence-electron chi connectivity index (χ3n) is 2.92. The SMILES string of the molecule is C=C(C)C(N)CC1(OC)CCC1. The van der Waals surface area contributed by atoms with Crippen LogP contribution in [0.3, 0.4) is 0 Å². The lowest BCUT2D eigenvalue weighted by Gasteiger charge is -2.42. The van der Waals surface area contributed by atoms with Gasteiger partial charge in [-0.1, -0.05) is 12.2 Å². The molecule has 0 radical (unpaired) electrons. The first kappa shape index (κ1) is 9.75. The topological polar surface area (TPSA) is 35.2 Å². The van der Waals surface area contributed by atoms with E-state index in [-0.39, 0.29) is 11.6 Å². The van der Waals surface area contributed by atoms with E-state index in [1.165, 1.54) is 6.42 Å². The van der Waals surface area contributed by atoms with Gasteiger partial charge in [0.2, 0.25) is 0 Å². The lowest BCUT2D eigenvalue weighted by Crippen LogP contribution is -2.44. The lowest BCUT2D eigenvalue weighted by atomic mass is 9.75. The fourth-order valence-electron chi connectivity index (χ4n) is 1.64. The predicted octanol–water partition coefficient (Wildman–Crippen LogP) is 1.85. The van der Waals surface area contributed by atoms with Crippen molar-refractivity contribution in [2.45, 2.75) is 44.2 Å². The van der Waals surface area contributed by atoms with Crippen LogP contribution >= 0.6 is 0 Å². The Balaban J connectivity index is 2.42. The van der Waals surface area contributed by atoms with Crippen molar-refractivity contribution in [2.75, 3.05) is 7.11 Å². The maximum atomic E-state index is 5.91. The van der Waals surface area contributed by atoms with E-state index in [4.69, 9.17) is 10.5 Å². The molecule has 0 amide bonds.